The highest BCUT2D eigenvalue weighted by Gasteiger charge is 2.19. The first-order chi connectivity index (χ1) is 16.9. The smallest absolute Gasteiger partial charge is 0.288 e. The maximum Gasteiger partial charge on any atom is 0.288 e. The lowest BCUT2D eigenvalue weighted by molar-refractivity contribution is 0.313. The molecular weight excluding hydrogens is 445 g/mol. The van der Waals surface area contributed by atoms with Gasteiger partial charge in [0.05, 0.1) is 12.1 Å². The monoisotopic (exact) mass is 471 g/mol. The van der Waals surface area contributed by atoms with E-state index in [1.54, 1.807) is 18.2 Å². The van der Waals surface area contributed by atoms with E-state index in [2.05, 4.69) is 49.1 Å². The molecule has 1 fully saturated rings. The maximum atomic E-state index is 15.2. The van der Waals surface area contributed by atoms with Crippen LogP contribution in [-0.2, 0) is 7.05 Å². The van der Waals surface area contributed by atoms with Crippen molar-refractivity contribution >= 4 is 33.8 Å². The lowest BCUT2D eigenvalue weighted by atomic mass is 10.2. The first-order valence-electron chi connectivity index (χ1n) is 11.4. The first kappa shape index (κ1) is 22.6. The highest BCUT2D eigenvalue weighted by atomic mass is 19.1. The van der Waals surface area contributed by atoms with Gasteiger partial charge in [0.15, 0.2) is 11.6 Å². The molecule has 0 atom stereocenters. The standard InChI is InChI=1S/C26H26FN7O/c1-17-15-20-21(33(17)4)9-10-22(23(20)27)35-26-24(28-2)25(29-16-30-26)31-18-5-7-19(8-6-18)34-13-11-32(3)12-14-34/h5-10,15-16H,11-14H2,1,3-4H3,(H,29,30,31). The van der Waals surface area contributed by atoms with Gasteiger partial charge in [-0.1, -0.05) is 0 Å². The average Bonchev–Trinajstić information content (AvgIpc) is 3.16. The van der Waals surface area contributed by atoms with Crippen molar-refractivity contribution in [1.29, 1.82) is 0 Å². The number of aromatic nitrogens is 3. The number of nitrogens with one attached hydrogen (secondary N) is 1. The summed E-state index contributed by atoms with van der Waals surface area (Å²) < 4.78 is 22.8. The van der Waals surface area contributed by atoms with Crippen LogP contribution >= 0.6 is 0 Å². The van der Waals surface area contributed by atoms with Gasteiger partial charge in [0.2, 0.25) is 5.88 Å². The van der Waals surface area contributed by atoms with Crippen LogP contribution in [0.3, 0.4) is 0 Å². The topological polar surface area (TPSA) is 62.8 Å². The fourth-order valence-electron chi connectivity index (χ4n) is 4.26. The summed E-state index contributed by atoms with van der Waals surface area (Å²) in [6, 6.07) is 13.1. The molecule has 1 N–H and O–H groups in total. The van der Waals surface area contributed by atoms with E-state index in [4.69, 9.17) is 11.3 Å². The lowest BCUT2D eigenvalue weighted by Gasteiger charge is -2.34. The molecule has 2 aromatic carbocycles. The highest BCUT2D eigenvalue weighted by Crippen LogP contribution is 2.38. The number of rotatable bonds is 5. The largest absolute Gasteiger partial charge is 0.446 e. The zero-order chi connectivity index (χ0) is 24.5. The normalized spacial score (nSPS) is 14.2. The molecular formula is C26H26FN7O. The molecule has 0 aliphatic carbocycles. The molecule has 178 valence electrons. The van der Waals surface area contributed by atoms with Crippen LogP contribution in [0.4, 0.5) is 27.3 Å². The van der Waals surface area contributed by atoms with E-state index in [0.29, 0.717) is 11.2 Å². The van der Waals surface area contributed by atoms with E-state index < -0.39 is 5.82 Å². The van der Waals surface area contributed by atoms with Crippen molar-refractivity contribution in [2.24, 2.45) is 7.05 Å². The summed E-state index contributed by atoms with van der Waals surface area (Å²) >= 11 is 0. The van der Waals surface area contributed by atoms with Gasteiger partial charge < -0.3 is 24.4 Å². The van der Waals surface area contributed by atoms with Crippen molar-refractivity contribution in [3.8, 4) is 11.6 Å². The Morgan fingerprint density at radius 2 is 1.77 bits per heavy atom. The average molecular weight is 472 g/mol. The van der Waals surface area contributed by atoms with Crippen LogP contribution in [0.5, 0.6) is 11.6 Å². The SMILES string of the molecule is [C-]#[N+]c1c(Nc2ccc(N3CCN(C)CC3)cc2)ncnc1Oc1ccc2c(cc(C)n2C)c1F. The van der Waals surface area contributed by atoms with Crippen molar-refractivity contribution < 1.29 is 9.13 Å². The van der Waals surface area contributed by atoms with Crippen molar-refractivity contribution in [1.82, 2.24) is 19.4 Å². The van der Waals surface area contributed by atoms with Gasteiger partial charge in [-0.05, 0) is 56.4 Å². The number of ether oxygens (including phenoxy) is 1. The predicted molar refractivity (Wildman–Crippen MR) is 135 cm³/mol. The van der Waals surface area contributed by atoms with Crippen LogP contribution < -0.4 is 15.0 Å². The van der Waals surface area contributed by atoms with Crippen molar-refractivity contribution in [3.63, 3.8) is 0 Å². The number of likely N-dealkylation sites (N-methyl/N-ethyl adjacent to an activating group) is 1. The summed E-state index contributed by atoms with van der Waals surface area (Å²) in [6.45, 7) is 13.6. The Bertz CT molecular complexity index is 1420. The summed E-state index contributed by atoms with van der Waals surface area (Å²) in [4.78, 5) is 16.6. The van der Waals surface area contributed by atoms with Crippen molar-refractivity contribution in [2.75, 3.05) is 43.4 Å². The second-order valence-electron chi connectivity index (χ2n) is 8.71. The summed E-state index contributed by atoms with van der Waals surface area (Å²) in [5.41, 5.74) is 3.72. The van der Waals surface area contributed by atoms with E-state index in [1.807, 2.05) is 30.7 Å². The molecule has 0 amide bonds. The van der Waals surface area contributed by atoms with Gasteiger partial charge in [0.25, 0.3) is 5.69 Å². The number of benzene rings is 2. The Morgan fingerprint density at radius 1 is 1.03 bits per heavy atom. The van der Waals surface area contributed by atoms with Gasteiger partial charge in [-0.15, -0.1) is 0 Å². The lowest BCUT2D eigenvalue weighted by Crippen LogP contribution is -2.44. The second-order valence-corrected chi connectivity index (χ2v) is 8.71. The summed E-state index contributed by atoms with van der Waals surface area (Å²) in [7, 11) is 4.02. The van der Waals surface area contributed by atoms with Gasteiger partial charge in [0, 0.05) is 55.7 Å². The van der Waals surface area contributed by atoms with Crippen LogP contribution in [0.2, 0.25) is 0 Å². The molecule has 8 nitrogen and oxygen atoms in total. The third-order valence-corrected chi connectivity index (χ3v) is 6.47. The Morgan fingerprint density at radius 3 is 2.49 bits per heavy atom. The van der Waals surface area contributed by atoms with Crippen LogP contribution in [0, 0.1) is 19.3 Å². The minimum absolute atomic E-state index is 0.00235. The number of halogens is 1. The molecule has 5 rings (SSSR count). The van der Waals surface area contributed by atoms with E-state index in [-0.39, 0.29) is 17.3 Å². The van der Waals surface area contributed by atoms with E-state index in [9.17, 15) is 0 Å². The summed E-state index contributed by atoms with van der Waals surface area (Å²) in [5, 5.41) is 3.63. The van der Waals surface area contributed by atoms with Crippen LogP contribution in [0.1, 0.15) is 5.69 Å². The molecule has 2 aromatic heterocycles. The molecule has 9 heteroatoms. The van der Waals surface area contributed by atoms with Crippen LogP contribution in [-0.4, -0.2) is 52.7 Å². The number of fused-ring (bicyclic) bond motifs is 1. The number of nitrogens with zero attached hydrogens (tertiary/aromatic N) is 6. The van der Waals surface area contributed by atoms with E-state index in [1.165, 1.54) is 6.33 Å². The third kappa shape index (κ3) is 4.36. The Hall–Kier alpha value is -4.16. The van der Waals surface area contributed by atoms with Gasteiger partial charge in [-0.2, -0.15) is 0 Å². The fraction of sp³-hybridized carbons (Fsp3) is 0.269. The van der Waals surface area contributed by atoms with Gasteiger partial charge in [-0.25, -0.2) is 19.2 Å². The number of piperazine rings is 1. The Kier molecular flexibility index (Phi) is 5.97. The summed E-state index contributed by atoms with van der Waals surface area (Å²) in [5.74, 6) is -0.184. The molecule has 1 aliphatic rings. The van der Waals surface area contributed by atoms with E-state index in [0.717, 1.165) is 48.8 Å². The maximum absolute atomic E-state index is 15.2. The van der Waals surface area contributed by atoms with Gasteiger partial charge >= 0.3 is 0 Å². The van der Waals surface area contributed by atoms with Crippen LogP contribution in [0.25, 0.3) is 15.7 Å². The number of anilines is 3. The van der Waals surface area contributed by atoms with Gasteiger partial charge in [0.1, 0.15) is 12.1 Å². The Balaban J connectivity index is 1.38. The van der Waals surface area contributed by atoms with Crippen molar-refractivity contribution in [2.45, 2.75) is 6.92 Å². The molecule has 0 bridgehead atoms. The first-order valence-corrected chi connectivity index (χ1v) is 11.4. The predicted octanol–water partition coefficient (Wildman–Crippen LogP) is 5.25. The molecule has 0 radical (unpaired) electrons. The molecule has 3 heterocycles. The minimum atomic E-state index is -0.491. The van der Waals surface area contributed by atoms with Crippen LogP contribution in [0.15, 0.2) is 48.8 Å². The Labute approximate surface area is 203 Å². The fourth-order valence-corrected chi connectivity index (χ4v) is 4.26. The second kappa shape index (κ2) is 9.24. The third-order valence-electron chi connectivity index (χ3n) is 6.47. The van der Waals surface area contributed by atoms with E-state index >= 15 is 4.39 Å². The molecule has 0 unspecified atom stereocenters. The number of aryl methyl sites for hydroxylation is 2. The number of hydrogen-bond acceptors (Lipinski definition) is 6. The zero-order valence-electron chi connectivity index (χ0n) is 19.9. The summed E-state index contributed by atoms with van der Waals surface area (Å²) in [6.07, 6.45) is 1.30. The molecule has 1 saturated heterocycles. The quantitative estimate of drug-likeness (QED) is 0.401. The number of hydrogen-bond donors (Lipinski definition) is 1. The van der Waals surface area contributed by atoms with Gasteiger partial charge in [-0.3, -0.25) is 0 Å². The molecule has 0 spiro atoms. The van der Waals surface area contributed by atoms with Crippen molar-refractivity contribution in [3.05, 3.63) is 71.7 Å². The molecule has 35 heavy (non-hydrogen) atoms. The zero-order valence-corrected chi connectivity index (χ0v) is 19.9. The molecule has 1 aliphatic heterocycles. The molecule has 0 saturated carbocycles. The molecule has 4 aromatic rings. The minimum Gasteiger partial charge on any atom is -0.446 e. The highest BCUT2D eigenvalue weighted by molar-refractivity contribution is 5.84.